The highest BCUT2D eigenvalue weighted by atomic mass is 16.1. The molecule has 0 unspecified atom stereocenters. The number of rotatable bonds is 2. The number of carbonyl (C=O) groups excluding carboxylic acids is 1. The Hall–Kier alpha value is -1.58. The number of carbonyl (C=O) groups is 1. The maximum Gasteiger partial charge on any atom is 0.244 e. The molecule has 0 fully saturated rings. The molecule has 17 heavy (non-hydrogen) atoms. The minimum atomic E-state index is -0.208. The van der Waals surface area contributed by atoms with Crippen molar-refractivity contribution in [2.75, 3.05) is 0 Å². The predicted octanol–water partition coefficient (Wildman–Crippen LogP) is 1.96. The summed E-state index contributed by atoms with van der Waals surface area (Å²) in [5, 5.41) is 7.18. The second-order valence-electron chi connectivity index (χ2n) is 5.28. The van der Waals surface area contributed by atoms with Crippen LogP contribution in [0.5, 0.6) is 0 Å². The summed E-state index contributed by atoms with van der Waals surface area (Å²) in [6.07, 6.45) is 3.38. The van der Waals surface area contributed by atoms with Crippen LogP contribution in [0, 0.1) is 13.8 Å². The zero-order valence-electron chi connectivity index (χ0n) is 11.5. The van der Waals surface area contributed by atoms with E-state index in [0.29, 0.717) is 0 Å². The SMILES string of the molecule is Cc1nn(C)c(C)c1C=CC(=O)NC(C)(C)C. The number of hydrogen-bond acceptors (Lipinski definition) is 2. The summed E-state index contributed by atoms with van der Waals surface area (Å²) in [7, 11) is 1.90. The molecule has 0 aromatic carbocycles. The molecular weight excluding hydrogens is 214 g/mol. The standard InChI is InChI=1S/C13H21N3O/c1-9-11(10(2)16(6)15-9)7-8-12(17)14-13(3,4)5/h7-8H,1-6H3,(H,14,17). The third-order valence-electron chi connectivity index (χ3n) is 2.46. The number of amides is 1. The lowest BCUT2D eigenvalue weighted by atomic mass is 10.1. The van der Waals surface area contributed by atoms with Crippen molar-refractivity contribution in [2.24, 2.45) is 7.05 Å². The van der Waals surface area contributed by atoms with Crippen molar-refractivity contribution in [1.29, 1.82) is 0 Å². The highest BCUT2D eigenvalue weighted by Crippen LogP contribution is 2.13. The molecule has 0 spiro atoms. The van der Waals surface area contributed by atoms with Crippen molar-refractivity contribution in [3.63, 3.8) is 0 Å². The first kappa shape index (κ1) is 13.5. The van der Waals surface area contributed by atoms with Gasteiger partial charge in [-0.1, -0.05) is 0 Å². The molecule has 0 atom stereocenters. The highest BCUT2D eigenvalue weighted by molar-refractivity contribution is 5.92. The van der Waals surface area contributed by atoms with Crippen molar-refractivity contribution in [3.8, 4) is 0 Å². The van der Waals surface area contributed by atoms with Gasteiger partial charge in [0.1, 0.15) is 0 Å². The summed E-state index contributed by atoms with van der Waals surface area (Å²) < 4.78 is 1.82. The fourth-order valence-electron chi connectivity index (χ4n) is 1.60. The minimum Gasteiger partial charge on any atom is -0.348 e. The zero-order valence-corrected chi connectivity index (χ0v) is 11.5. The van der Waals surface area contributed by atoms with Gasteiger partial charge in [0, 0.05) is 29.9 Å². The number of aromatic nitrogens is 2. The van der Waals surface area contributed by atoms with Gasteiger partial charge in [0.15, 0.2) is 0 Å². The lowest BCUT2D eigenvalue weighted by Gasteiger charge is -2.18. The molecule has 4 nitrogen and oxygen atoms in total. The topological polar surface area (TPSA) is 46.9 Å². The molecule has 0 bridgehead atoms. The van der Waals surface area contributed by atoms with Crippen LogP contribution in [0.25, 0.3) is 6.08 Å². The normalized spacial score (nSPS) is 12.1. The molecule has 0 saturated heterocycles. The van der Waals surface area contributed by atoms with Crippen LogP contribution < -0.4 is 5.32 Å². The van der Waals surface area contributed by atoms with E-state index in [-0.39, 0.29) is 11.4 Å². The van der Waals surface area contributed by atoms with Crippen molar-refractivity contribution >= 4 is 12.0 Å². The van der Waals surface area contributed by atoms with Crippen LogP contribution in [-0.2, 0) is 11.8 Å². The first-order chi connectivity index (χ1) is 7.70. The Morgan fingerprint density at radius 3 is 2.35 bits per heavy atom. The van der Waals surface area contributed by atoms with Crippen LogP contribution >= 0.6 is 0 Å². The largest absolute Gasteiger partial charge is 0.348 e. The quantitative estimate of drug-likeness (QED) is 0.797. The number of aryl methyl sites for hydroxylation is 2. The summed E-state index contributed by atoms with van der Waals surface area (Å²) in [5.41, 5.74) is 2.80. The zero-order chi connectivity index (χ0) is 13.2. The smallest absolute Gasteiger partial charge is 0.244 e. The lowest BCUT2D eigenvalue weighted by Crippen LogP contribution is -2.39. The molecule has 0 aliphatic carbocycles. The summed E-state index contributed by atoms with van der Waals surface area (Å²) in [5.74, 6) is -0.0832. The van der Waals surface area contributed by atoms with Crippen molar-refractivity contribution in [3.05, 3.63) is 23.0 Å². The lowest BCUT2D eigenvalue weighted by molar-refractivity contribution is -0.117. The maximum atomic E-state index is 11.6. The van der Waals surface area contributed by atoms with E-state index in [9.17, 15) is 4.79 Å². The van der Waals surface area contributed by atoms with Gasteiger partial charge < -0.3 is 5.32 Å². The molecule has 0 radical (unpaired) electrons. The van der Waals surface area contributed by atoms with Gasteiger partial charge in [0.25, 0.3) is 0 Å². The van der Waals surface area contributed by atoms with Gasteiger partial charge in [-0.05, 0) is 40.7 Å². The van der Waals surface area contributed by atoms with Gasteiger partial charge >= 0.3 is 0 Å². The van der Waals surface area contributed by atoms with E-state index in [4.69, 9.17) is 0 Å². The minimum absolute atomic E-state index is 0.0832. The van der Waals surface area contributed by atoms with E-state index >= 15 is 0 Å². The average Bonchev–Trinajstić information content (AvgIpc) is 2.36. The Bertz CT molecular complexity index is 450. The molecule has 1 N–H and O–H groups in total. The van der Waals surface area contributed by atoms with E-state index in [2.05, 4.69) is 10.4 Å². The fraction of sp³-hybridized carbons (Fsp3) is 0.538. The molecule has 1 aromatic heterocycles. The molecule has 1 amide bonds. The second-order valence-corrected chi connectivity index (χ2v) is 5.28. The highest BCUT2D eigenvalue weighted by Gasteiger charge is 2.12. The summed E-state index contributed by atoms with van der Waals surface area (Å²) >= 11 is 0. The summed E-state index contributed by atoms with van der Waals surface area (Å²) in [4.78, 5) is 11.6. The van der Waals surface area contributed by atoms with E-state index < -0.39 is 0 Å². The summed E-state index contributed by atoms with van der Waals surface area (Å²) in [6.45, 7) is 9.80. The van der Waals surface area contributed by atoms with Gasteiger partial charge in [-0.2, -0.15) is 5.10 Å². The predicted molar refractivity (Wildman–Crippen MR) is 69.6 cm³/mol. The van der Waals surface area contributed by atoms with Crippen molar-refractivity contribution in [2.45, 2.75) is 40.2 Å². The first-order valence-electron chi connectivity index (χ1n) is 5.71. The van der Waals surface area contributed by atoms with Crippen molar-refractivity contribution < 1.29 is 4.79 Å². The van der Waals surface area contributed by atoms with E-state index in [1.807, 2.05) is 52.4 Å². The van der Waals surface area contributed by atoms with Crippen LogP contribution in [-0.4, -0.2) is 21.2 Å². The first-order valence-corrected chi connectivity index (χ1v) is 5.71. The molecule has 94 valence electrons. The van der Waals surface area contributed by atoms with Crippen LogP contribution in [0.3, 0.4) is 0 Å². The number of nitrogens with zero attached hydrogens (tertiary/aromatic N) is 2. The van der Waals surface area contributed by atoms with Gasteiger partial charge in [-0.3, -0.25) is 9.48 Å². The molecule has 0 aliphatic rings. The van der Waals surface area contributed by atoms with Crippen LogP contribution in [0.15, 0.2) is 6.08 Å². The Kier molecular flexibility index (Phi) is 3.76. The Morgan fingerprint density at radius 2 is 1.94 bits per heavy atom. The molecule has 1 rings (SSSR count). The third-order valence-corrected chi connectivity index (χ3v) is 2.46. The van der Waals surface area contributed by atoms with Crippen LogP contribution in [0.1, 0.15) is 37.7 Å². The average molecular weight is 235 g/mol. The summed E-state index contributed by atoms with van der Waals surface area (Å²) in [6, 6.07) is 0. The fourth-order valence-corrected chi connectivity index (χ4v) is 1.60. The third kappa shape index (κ3) is 3.73. The van der Waals surface area contributed by atoms with Crippen molar-refractivity contribution in [1.82, 2.24) is 15.1 Å². The second kappa shape index (κ2) is 4.73. The maximum absolute atomic E-state index is 11.6. The number of hydrogen-bond donors (Lipinski definition) is 1. The van der Waals surface area contributed by atoms with Gasteiger partial charge in [0.2, 0.25) is 5.91 Å². The van der Waals surface area contributed by atoms with E-state index in [1.165, 1.54) is 0 Å². The number of nitrogens with one attached hydrogen (secondary N) is 1. The molecular formula is C13H21N3O. The van der Waals surface area contributed by atoms with Crippen LogP contribution in [0.4, 0.5) is 0 Å². The van der Waals surface area contributed by atoms with Gasteiger partial charge in [-0.25, -0.2) is 0 Å². The van der Waals surface area contributed by atoms with E-state index in [1.54, 1.807) is 6.08 Å². The monoisotopic (exact) mass is 235 g/mol. The Balaban J connectivity index is 2.81. The van der Waals surface area contributed by atoms with E-state index in [0.717, 1.165) is 17.0 Å². The Morgan fingerprint density at radius 1 is 1.35 bits per heavy atom. The van der Waals surface area contributed by atoms with Gasteiger partial charge in [0.05, 0.1) is 5.69 Å². The molecule has 1 heterocycles. The molecule has 1 aromatic rings. The molecule has 0 aliphatic heterocycles. The Labute approximate surface area is 103 Å². The van der Waals surface area contributed by atoms with Crippen LogP contribution in [0.2, 0.25) is 0 Å². The van der Waals surface area contributed by atoms with Gasteiger partial charge in [-0.15, -0.1) is 0 Å². The molecule has 4 heteroatoms. The molecule has 0 saturated carbocycles.